The average molecular weight is 326 g/mol. The SMILES string of the molecule is O=C(O)c1ccc(CO[C@H]2OC[C@@H](O)[C@H](O)[C@H]2O)cc1.[Ca+2].[H-].[H-]. The Hall–Kier alpha value is -0.250. The third kappa shape index (κ3) is 4.87. The number of ether oxygens (including phenoxy) is 2. The molecule has 1 fully saturated rings. The van der Waals surface area contributed by atoms with E-state index in [0.717, 1.165) is 0 Å². The largest absolute Gasteiger partial charge is 2.00 e. The van der Waals surface area contributed by atoms with Crippen molar-refractivity contribution < 1.29 is 37.5 Å². The van der Waals surface area contributed by atoms with Gasteiger partial charge in [-0.2, -0.15) is 0 Å². The van der Waals surface area contributed by atoms with Crippen LogP contribution in [0.25, 0.3) is 0 Å². The third-order valence-electron chi connectivity index (χ3n) is 3.07. The average Bonchev–Trinajstić information content (AvgIpc) is 2.44. The summed E-state index contributed by atoms with van der Waals surface area (Å²) in [6.07, 6.45) is -4.83. The van der Waals surface area contributed by atoms with Gasteiger partial charge in [0, 0.05) is 0 Å². The molecule has 0 aromatic heterocycles. The molecule has 1 aromatic rings. The fourth-order valence-corrected chi connectivity index (χ4v) is 1.85. The third-order valence-corrected chi connectivity index (χ3v) is 3.07. The number of benzene rings is 1. The number of rotatable bonds is 4. The van der Waals surface area contributed by atoms with E-state index in [4.69, 9.17) is 14.6 Å². The van der Waals surface area contributed by atoms with Gasteiger partial charge in [0.1, 0.15) is 18.3 Å². The fourth-order valence-electron chi connectivity index (χ4n) is 1.85. The maximum atomic E-state index is 10.7. The monoisotopic (exact) mass is 326 g/mol. The van der Waals surface area contributed by atoms with E-state index < -0.39 is 30.6 Å². The Morgan fingerprint density at radius 1 is 1.24 bits per heavy atom. The molecule has 7 nitrogen and oxygen atoms in total. The van der Waals surface area contributed by atoms with E-state index in [0.29, 0.717) is 5.56 Å². The van der Waals surface area contributed by atoms with Crippen molar-refractivity contribution in [1.29, 1.82) is 0 Å². The Morgan fingerprint density at radius 2 is 1.86 bits per heavy atom. The maximum Gasteiger partial charge on any atom is 2.00 e. The molecule has 1 saturated heterocycles. The fraction of sp³-hybridized carbons (Fsp3) is 0.462. The number of carboxylic acid groups (broad SMARTS) is 1. The van der Waals surface area contributed by atoms with E-state index in [9.17, 15) is 20.1 Å². The van der Waals surface area contributed by atoms with Crippen LogP contribution in [0.2, 0.25) is 0 Å². The van der Waals surface area contributed by atoms with Gasteiger partial charge in [0.15, 0.2) is 6.29 Å². The Morgan fingerprint density at radius 3 is 2.43 bits per heavy atom. The van der Waals surface area contributed by atoms with Crippen molar-refractivity contribution in [2.75, 3.05) is 6.61 Å². The Labute approximate surface area is 154 Å². The minimum atomic E-state index is -1.34. The smallest absolute Gasteiger partial charge is 1.00 e. The van der Waals surface area contributed by atoms with Gasteiger partial charge in [0.25, 0.3) is 0 Å². The zero-order valence-electron chi connectivity index (χ0n) is 13.3. The van der Waals surface area contributed by atoms with Crippen LogP contribution in [0.15, 0.2) is 24.3 Å². The Bertz CT molecular complexity index is 474. The van der Waals surface area contributed by atoms with Crippen LogP contribution in [0.5, 0.6) is 0 Å². The normalized spacial score (nSPS) is 28.7. The first kappa shape index (κ1) is 18.8. The number of carboxylic acids is 1. The van der Waals surface area contributed by atoms with E-state index >= 15 is 0 Å². The van der Waals surface area contributed by atoms with Crippen LogP contribution in [0, 0.1) is 0 Å². The molecule has 2 rings (SSSR count). The molecule has 8 heteroatoms. The molecule has 0 spiro atoms. The molecule has 0 bridgehead atoms. The zero-order valence-corrected chi connectivity index (χ0v) is 13.5. The van der Waals surface area contributed by atoms with Crippen molar-refractivity contribution in [3.05, 3.63) is 35.4 Å². The van der Waals surface area contributed by atoms with Crippen LogP contribution in [0.4, 0.5) is 0 Å². The van der Waals surface area contributed by atoms with Crippen molar-refractivity contribution in [3.8, 4) is 0 Å². The van der Waals surface area contributed by atoms with Crippen molar-refractivity contribution in [2.24, 2.45) is 0 Å². The summed E-state index contributed by atoms with van der Waals surface area (Å²) in [6.45, 7) is -0.0364. The number of aliphatic hydroxyl groups is 3. The predicted molar refractivity (Wildman–Crippen MR) is 73.9 cm³/mol. The van der Waals surface area contributed by atoms with Crippen LogP contribution >= 0.6 is 0 Å². The molecule has 0 amide bonds. The van der Waals surface area contributed by atoms with Crippen molar-refractivity contribution in [2.45, 2.75) is 31.2 Å². The molecule has 114 valence electrons. The summed E-state index contributed by atoms with van der Waals surface area (Å²) in [5, 5.41) is 37.2. The van der Waals surface area contributed by atoms with E-state index in [1.54, 1.807) is 12.1 Å². The first-order valence-corrected chi connectivity index (χ1v) is 6.08. The molecule has 4 N–H and O–H groups in total. The first-order valence-electron chi connectivity index (χ1n) is 6.08. The summed E-state index contributed by atoms with van der Waals surface area (Å²) < 4.78 is 10.4. The molecule has 1 aliphatic rings. The van der Waals surface area contributed by atoms with Crippen LogP contribution in [-0.4, -0.2) is 95.3 Å². The molecule has 1 aliphatic heterocycles. The molecular weight excluding hydrogens is 308 g/mol. The zero-order chi connectivity index (χ0) is 14.7. The molecule has 21 heavy (non-hydrogen) atoms. The van der Waals surface area contributed by atoms with Gasteiger partial charge < -0.3 is 32.8 Å². The van der Waals surface area contributed by atoms with Gasteiger partial charge in [-0.05, 0) is 17.7 Å². The van der Waals surface area contributed by atoms with Gasteiger partial charge >= 0.3 is 43.7 Å². The topological polar surface area (TPSA) is 116 Å². The number of hydrogen-bond donors (Lipinski definition) is 4. The number of aromatic carboxylic acids is 1. The minimum absolute atomic E-state index is 0. The Balaban J connectivity index is 0. The van der Waals surface area contributed by atoms with Crippen molar-refractivity contribution in [1.82, 2.24) is 0 Å². The molecule has 0 saturated carbocycles. The van der Waals surface area contributed by atoms with Crippen LogP contribution < -0.4 is 0 Å². The molecule has 1 heterocycles. The molecule has 0 radical (unpaired) electrons. The van der Waals surface area contributed by atoms with Gasteiger partial charge in [-0.3, -0.25) is 0 Å². The van der Waals surface area contributed by atoms with E-state index in [1.165, 1.54) is 12.1 Å². The summed E-state index contributed by atoms with van der Waals surface area (Å²) >= 11 is 0. The first-order chi connectivity index (χ1) is 9.49. The number of aliphatic hydroxyl groups excluding tert-OH is 3. The second-order valence-electron chi connectivity index (χ2n) is 4.56. The quantitative estimate of drug-likeness (QED) is 0.534. The molecule has 0 aliphatic carbocycles. The summed E-state index contributed by atoms with van der Waals surface area (Å²) in [6, 6.07) is 6.06. The molecule has 4 atom stereocenters. The summed E-state index contributed by atoms with van der Waals surface area (Å²) in [5.74, 6) is -1.01. The van der Waals surface area contributed by atoms with Gasteiger partial charge in [-0.15, -0.1) is 0 Å². The summed E-state index contributed by atoms with van der Waals surface area (Å²) in [7, 11) is 0. The van der Waals surface area contributed by atoms with E-state index in [1.807, 2.05) is 0 Å². The van der Waals surface area contributed by atoms with Gasteiger partial charge in [-0.25, -0.2) is 4.79 Å². The summed E-state index contributed by atoms with van der Waals surface area (Å²) in [4.78, 5) is 10.7. The molecule has 0 unspecified atom stereocenters. The van der Waals surface area contributed by atoms with Gasteiger partial charge in [0.2, 0.25) is 0 Å². The van der Waals surface area contributed by atoms with Crippen molar-refractivity contribution in [3.63, 3.8) is 0 Å². The van der Waals surface area contributed by atoms with E-state index in [-0.39, 0.29) is 59.4 Å². The number of carbonyl (C=O) groups is 1. The van der Waals surface area contributed by atoms with Crippen LogP contribution in [0.3, 0.4) is 0 Å². The summed E-state index contributed by atoms with van der Waals surface area (Å²) in [5.41, 5.74) is 0.868. The Kier molecular flexibility index (Phi) is 7.52. The van der Waals surface area contributed by atoms with E-state index in [2.05, 4.69) is 0 Å². The van der Waals surface area contributed by atoms with Crippen molar-refractivity contribution >= 4 is 43.7 Å². The van der Waals surface area contributed by atoms with Crippen LogP contribution in [0.1, 0.15) is 18.8 Å². The standard InChI is InChI=1S/C13H16O7.Ca.2H/c14-9-6-20-13(11(16)10(9)15)19-5-7-1-3-8(4-2-7)12(17)18;;;/h1-4,9-11,13-16H,5-6H2,(H,17,18);;;/q;+2;2*-1/t9-,10+,11-,13+;;;/m1.../s1. The second kappa shape index (κ2) is 8.40. The van der Waals surface area contributed by atoms with Gasteiger partial charge in [-0.1, -0.05) is 12.1 Å². The van der Waals surface area contributed by atoms with Crippen LogP contribution in [-0.2, 0) is 16.1 Å². The maximum absolute atomic E-state index is 10.7. The number of hydrogen-bond acceptors (Lipinski definition) is 6. The minimum Gasteiger partial charge on any atom is -1.00 e. The molecular formula is C13H18CaO7. The second-order valence-corrected chi connectivity index (χ2v) is 4.56. The molecule has 1 aromatic carbocycles. The van der Waals surface area contributed by atoms with Gasteiger partial charge in [0.05, 0.1) is 18.8 Å². The predicted octanol–water partition coefficient (Wildman–Crippen LogP) is -0.815.